The summed E-state index contributed by atoms with van der Waals surface area (Å²) in [6, 6.07) is 40.2. The number of hydrogen-bond donors (Lipinski definition) is 3. The highest BCUT2D eigenvalue weighted by Gasteiger charge is 2.32. The Labute approximate surface area is 431 Å². The molecule has 0 atom stereocenters. The van der Waals surface area contributed by atoms with Crippen LogP contribution in [0.3, 0.4) is 0 Å². The molecule has 0 spiro atoms. The average molecular weight is 1160 g/mol. The SMILES string of the molecule is NNS(=O)(=O)c1ccccc1.O=Cc1ccccc1OS(=O)(=O)c1ccc(C(F)(F)F)cc1.O=S(=O)(Cl)c1ccccc1.O=S(=O)(N/N=C/c1ccccc1OS(=O)(=O)c1ccc(C(F)(F)F)cc1)c1ccccc1. The van der Waals surface area contributed by atoms with E-state index in [1.54, 1.807) is 47.3 Å². The zero-order chi connectivity index (χ0) is 55.7. The Kier molecular flexibility index (Phi) is 20.8. The van der Waals surface area contributed by atoms with Crippen LogP contribution in [0.25, 0.3) is 0 Å². The predicted octanol–water partition coefficient (Wildman–Crippen LogP) is 8.52. The molecular weight excluding hydrogens is 1130 g/mol. The normalized spacial score (nSPS) is 12.1. The highest BCUT2D eigenvalue weighted by molar-refractivity contribution is 8.13. The number of hydrazone groups is 1. The molecule has 398 valence electrons. The van der Waals surface area contributed by atoms with Gasteiger partial charge in [-0.1, -0.05) is 78.9 Å². The van der Waals surface area contributed by atoms with Crippen LogP contribution in [-0.4, -0.2) is 54.6 Å². The van der Waals surface area contributed by atoms with Crippen molar-refractivity contribution in [1.29, 1.82) is 0 Å². The third-order valence-corrected chi connectivity index (χ3v) is 15.3. The number of alkyl halides is 6. The minimum atomic E-state index is -4.61. The Morgan fingerprint density at radius 2 is 0.773 bits per heavy atom. The average Bonchev–Trinajstić information content (AvgIpc) is 3.37. The first-order valence-corrected chi connectivity index (χ1v) is 28.3. The second-order valence-corrected chi connectivity index (χ2v) is 23.2. The van der Waals surface area contributed by atoms with Crippen molar-refractivity contribution in [2.45, 2.75) is 36.8 Å². The fourth-order valence-electron chi connectivity index (χ4n) is 5.34. The van der Waals surface area contributed by atoms with Crippen molar-refractivity contribution in [3.05, 3.63) is 210 Å². The van der Waals surface area contributed by atoms with Gasteiger partial charge in [0.05, 0.1) is 37.6 Å². The van der Waals surface area contributed by atoms with E-state index in [-0.39, 0.29) is 37.3 Å². The molecule has 0 amide bonds. The van der Waals surface area contributed by atoms with Gasteiger partial charge in [-0.2, -0.15) is 61.5 Å². The topological polar surface area (TPSA) is 269 Å². The molecule has 7 rings (SSSR count). The highest BCUT2D eigenvalue weighted by atomic mass is 35.7. The first kappa shape index (κ1) is 60.4. The molecule has 0 bridgehead atoms. The van der Waals surface area contributed by atoms with E-state index in [9.17, 15) is 73.2 Å². The quantitative estimate of drug-likeness (QED) is 0.0175. The number of halogens is 7. The van der Waals surface area contributed by atoms with E-state index < -0.39 is 82.6 Å². The summed E-state index contributed by atoms with van der Waals surface area (Å²) in [5.74, 6) is 4.40. The first-order chi connectivity index (χ1) is 35.0. The molecule has 0 saturated heterocycles. The van der Waals surface area contributed by atoms with Crippen molar-refractivity contribution >= 4 is 72.5 Å². The molecule has 75 heavy (non-hydrogen) atoms. The van der Waals surface area contributed by atoms with Gasteiger partial charge in [-0.25, -0.2) is 21.7 Å². The molecule has 7 aromatic rings. The molecule has 0 aromatic heterocycles. The number of benzene rings is 7. The van der Waals surface area contributed by atoms with Gasteiger partial charge >= 0.3 is 32.6 Å². The van der Waals surface area contributed by atoms with Crippen molar-refractivity contribution < 1.29 is 81.6 Å². The maximum absolute atomic E-state index is 12.7. The van der Waals surface area contributed by atoms with Crippen molar-refractivity contribution in [2.24, 2.45) is 10.9 Å². The summed E-state index contributed by atoms with van der Waals surface area (Å²) in [4.78, 5) is 13.9. The van der Waals surface area contributed by atoms with Crippen LogP contribution in [-0.2, 0) is 61.7 Å². The van der Waals surface area contributed by atoms with Crippen LogP contribution < -0.4 is 23.9 Å². The summed E-state index contributed by atoms with van der Waals surface area (Å²) in [6.07, 6.45) is -7.72. The molecule has 0 unspecified atom stereocenters. The number of rotatable bonds is 14. The van der Waals surface area contributed by atoms with Crippen LogP contribution in [0.5, 0.6) is 11.5 Å². The van der Waals surface area contributed by atoms with Gasteiger partial charge in [-0.3, -0.25) is 10.6 Å². The molecule has 0 radical (unpaired) electrons. The number of carbonyl (C=O) groups is 1. The Balaban J connectivity index is 0.000000242. The van der Waals surface area contributed by atoms with E-state index in [1.165, 1.54) is 97.1 Å². The van der Waals surface area contributed by atoms with Gasteiger partial charge in [-0.15, -0.1) is 0 Å². The minimum absolute atomic E-state index is 0.0120. The van der Waals surface area contributed by atoms with Crippen LogP contribution >= 0.6 is 10.7 Å². The fraction of sp³-hybridized carbons (Fsp3) is 0.0435. The number of aldehydes is 1. The Morgan fingerprint density at radius 3 is 1.12 bits per heavy atom. The fourth-order valence-corrected chi connectivity index (χ4v) is 9.50. The van der Waals surface area contributed by atoms with Crippen LogP contribution in [0.2, 0.25) is 0 Å². The van der Waals surface area contributed by atoms with Gasteiger partial charge in [0.1, 0.15) is 9.79 Å². The molecule has 0 aliphatic heterocycles. The largest absolute Gasteiger partial charge is 0.416 e. The molecule has 7 aromatic carbocycles. The van der Waals surface area contributed by atoms with Gasteiger partial charge in [0.25, 0.3) is 29.1 Å². The lowest BCUT2D eigenvalue weighted by molar-refractivity contribution is -0.138. The van der Waals surface area contributed by atoms with Crippen LogP contribution in [0.1, 0.15) is 27.0 Å². The van der Waals surface area contributed by atoms with Gasteiger partial charge in [0.15, 0.2) is 17.8 Å². The number of nitrogens with one attached hydrogen (secondary N) is 2. The predicted molar refractivity (Wildman–Crippen MR) is 262 cm³/mol. The number of hydrazine groups is 1. The summed E-state index contributed by atoms with van der Waals surface area (Å²) < 4.78 is 202. The van der Waals surface area contributed by atoms with Crippen molar-refractivity contribution in [2.75, 3.05) is 0 Å². The molecular formula is C46H37ClF6N4O13S5. The Hall–Kier alpha value is -7.18. The maximum Gasteiger partial charge on any atom is 0.416 e. The summed E-state index contributed by atoms with van der Waals surface area (Å²) >= 11 is 0. The van der Waals surface area contributed by atoms with E-state index in [1.807, 2.05) is 4.83 Å². The summed E-state index contributed by atoms with van der Waals surface area (Å²) in [7, 11) is -14.7. The zero-order valence-electron chi connectivity index (χ0n) is 37.6. The van der Waals surface area contributed by atoms with Crippen LogP contribution in [0, 0.1) is 0 Å². The highest BCUT2D eigenvalue weighted by Crippen LogP contribution is 2.32. The smallest absolute Gasteiger partial charge is 0.378 e. The third-order valence-electron chi connectivity index (χ3n) is 8.97. The van der Waals surface area contributed by atoms with E-state index in [0.717, 1.165) is 30.5 Å². The summed E-state index contributed by atoms with van der Waals surface area (Å²) in [5, 5.41) is 3.63. The Bertz CT molecular complexity index is 3630. The van der Waals surface area contributed by atoms with E-state index in [0.29, 0.717) is 30.6 Å². The second-order valence-electron chi connectivity index (χ2n) is 14.2. The molecule has 4 N–H and O–H groups in total. The van der Waals surface area contributed by atoms with Crippen molar-refractivity contribution in [1.82, 2.24) is 9.66 Å². The van der Waals surface area contributed by atoms with Gasteiger partial charge in [0.2, 0.25) is 0 Å². The molecule has 29 heteroatoms. The standard InChI is InChI=1S/C20H15F3N2O5S2.C14H9F3O4S.C6H5ClO2S.C6H8N2O2S/c21-20(22,23)16-10-12-18(13-11-16)32(28,29)30-19-9-5-4-6-15(19)14-24-25-31(26,27)17-7-2-1-3-8-17;15-14(16,17)11-5-7-12(8-6-11)22(19,20)21-13-4-2-1-3-10(13)9-18;7-10(8,9)6-4-2-1-3-5-6;7-8-11(9,10)6-4-2-1-3-5-6/h1-14,25H;1-9H;1-5H;1-5,8H,7H2/b24-14+;;;. The monoisotopic (exact) mass is 1160 g/mol. The molecule has 17 nitrogen and oxygen atoms in total. The third kappa shape index (κ3) is 18.6. The molecule has 0 saturated carbocycles. The van der Waals surface area contributed by atoms with Gasteiger partial charge in [0, 0.05) is 16.2 Å². The number of nitrogens with two attached hydrogens (primary N) is 1. The van der Waals surface area contributed by atoms with E-state index >= 15 is 0 Å². The second kappa shape index (κ2) is 25.9. The lowest BCUT2D eigenvalue weighted by atomic mass is 10.2. The Morgan fingerprint density at radius 1 is 0.440 bits per heavy atom. The van der Waals surface area contributed by atoms with Gasteiger partial charge < -0.3 is 8.37 Å². The minimum Gasteiger partial charge on any atom is -0.378 e. The van der Waals surface area contributed by atoms with Crippen LogP contribution in [0.4, 0.5) is 26.3 Å². The number of carbonyl (C=O) groups excluding carboxylic acids is 1. The zero-order valence-corrected chi connectivity index (χ0v) is 42.4. The molecule has 0 fully saturated rings. The molecule has 0 heterocycles. The van der Waals surface area contributed by atoms with Gasteiger partial charge in [-0.05, 0) is 109 Å². The lowest BCUT2D eigenvalue weighted by Crippen LogP contribution is -2.30. The molecule has 0 aliphatic carbocycles. The summed E-state index contributed by atoms with van der Waals surface area (Å²) in [5.41, 5.74) is -1.86. The number of hydrogen-bond acceptors (Lipinski definition) is 15. The lowest BCUT2D eigenvalue weighted by Gasteiger charge is -2.11. The first-order valence-electron chi connectivity index (χ1n) is 20.2. The summed E-state index contributed by atoms with van der Waals surface area (Å²) in [6.45, 7) is 0. The van der Waals surface area contributed by atoms with Crippen molar-refractivity contribution in [3.8, 4) is 11.5 Å². The van der Waals surface area contributed by atoms with Crippen LogP contribution in [0.15, 0.2) is 218 Å². The maximum atomic E-state index is 12.7. The molecule has 0 aliphatic rings. The van der Waals surface area contributed by atoms with E-state index in [4.69, 9.17) is 24.9 Å². The number of nitrogens with zero attached hydrogens (tertiary/aromatic N) is 1. The van der Waals surface area contributed by atoms with Crippen molar-refractivity contribution in [3.63, 3.8) is 0 Å². The number of para-hydroxylation sites is 2. The number of sulfonamides is 2. The van der Waals surface area contributed by atoms with E-state index in [2.05, 4.69) is 5.10 Å².